The van der Waals surface area contributed by atoms with Crippen LogP contribution in [0.2, 0.25) is 5.02 Å². The molecular weight excluding hydrogens is 408 g/mol. The fourth-order valence-corrected chi connectivity index (χ4v) is 3.41. The molecule has 9 nitrogen and oxygen atoms in total. The summed E-state index contributed by atoms with van der Waals surface area (Å²) in [5, 5.41) is 23.8. The van der Waals surface area contributed by atoms with Crippen LogP contribution in [0.15, 0.2) is 60.9 Å². The number of β-amino-alcohol motifs (C(OH)–C–C–N with tert-alkyl or cyclic N) is 1. The molecule has 0 saturated carbocycles. The lowest BCUT2D eigenvalue weighted by molar-refractivity contribution is -0.119. The summed E-state index contributed by atoms with van der Waals surface area (Å²) in [6.07, 6.45) is 2.68. The Morgan fingerprint density at radius 1 is 1.03 bits per heavy atom. The van der Waals surface area contributed by atoms with E-state index in [1.54, 1.807) is 65.6 Å². The SMILES string of the molecule is O=C(Nc1ccc(-n2ccnn2)cc1)C1CC(O)CN1C(=O)Nc1ccc(Cl)cc1. The summed E-state index contributed by atoms with van der Waals surface area (Å²) in [7, 11) is 0. The van der Waals surface area contributed by atoms with Gasteiger partial charge in [-0.05, 0) is 48.5 Å². The van der Waals surface area contributed by atoms with Crippen LogP contribution in [0.5, 0.6) is 0 Å². The minimum atomic E-state index is -0.790. The molecule has 4 rings (SSSR count). The van der Waals surface area contributed by atoms with Crippen molar-refractivity contribution in [1.82, 2.24) is 19.9 Å². The summed E-state index contributed by atoms with van der Waals surface area (Å²) in [4.78, 5) is 26.8. The maximum Gasteiger partial charge on any atom is 0.322 e. The van der Waals surface area contributed by atoms with Crippen LogP contribution in [-0.2, 0) is 4.79 Å². The van der Waals surface area contributed by atoms with Gasteiger partial charge in [0.2, 0.25) is 5.91 Å². The molecule has 10 heteroatoms. The van der Waals surface area contributed by atoms with Crippen LogP contribution in [0, 0.1) is 0 Å². The van der Waals surface area contributed by atoms with Gasteiger partial charge in [-0.15, -0.1) is 5.10 Å². The average molecular weight is 427 g/mol. The van der Waals surface area contributed by atoms with Crippen LogP contribution >= 0.6 is 11.6 Å². The predicted octanol–water partition coefficient (Wildman–Crippen LogP) is 2.53. The van der Waals surface area contributed by atoms with Gasteiger partial charge in [-0.25, -0.2) is 9.48 Å². The Labute approximate surface area is 177 Å². The zero-order chi connectivity index (χ0) is 21.1. The Morgan fingerprint density at radius 3 is 2.37 bits per heavy atom. The zero-order valence-electron chi connectivity index (χ0n) is 15.8. The number of carbonyl (C=O) groups is 2. The number of aliphatic hydroxyl groups is 1. The zero-order valence-corrected chi connectivity index (χ0v) is 16.5. The Kier molecular flexibility index (Phi) is 5.64. The molecule has 2 heterocycles. The molecule has 0 aliphatic carbocycles. The van der Waals surface area contributed by atoms with Crippen molar-refractivity contribution in [2.24, 2.45) is 0 Å². The molecule has 3 N–H and O–H groups in total. The van der Waals surface area contributed by atoms with E-state index in [0.717, 1.165) is 5.69 Å². The van der Waals surface area contributed by atoms with Gasteiger partial charge in [0.15, 0.2) is 0 Å². The highest BCUT2D eigenvalue weighted by Gasteiger charge is 2.39. The molecule has 0 radical (unpaired) electrons. The third kappa shape index (κ3) is 4.42. The lowest BCUT2D eigenvalue weighted by Gasteiger charge is -2.24. The molecule has 0 spiro atoms. The molecule has 2 atom stereocenters. The number of rotatable bonds is 4. The van der Waals surface area contributed by atoms with Crippen molar-refractivity contribution >= 4 is 34.9 Å². The maximum absolute atomic E-state index is 12.8. The van der Waals surface area contributed by atoms with Crippen LogP contribution in [-0.4, -0.2) is 55.6 Å². The minimum absolute atomic E-state index is 0.0722. The van der Waals surface area contributed by atoms with Gasteiger partial charge in [0, 0.05) is 29.4 Å². The number of hydrogen-bond acceptors (Lipinski definition) is 5. The van der Waals surface area contributed by atoms with E-state index < -0.39 is 18.2 Å². The van der Waals surface area contributed by atoms with E-state index in [4.69, 9.17) is 11.6 Å². The summed E-state index contributed by atoms with van der Waals surface area (Å²) >= 11 is 5.86. The first kappa shape index (κ1) is 19.9. The molecule has 2 unspecified atom stereocenters. The highest BCUT2D eigenvalue weighted by atomic mass is 35.5. The normalized spacial score (nSPS) is 18.3. The molecule has 1 aliphatic rings. The van der Waals surface area contributed by atoms with Crippen LogP contribution in [0.1, 0.15) is 6.42 Å². The first-order valence-corrected chi connectivity index (χ1v) is 9.66. The first-order valence-electron chi connectivity index (χ1n) is 9.28. The number of aliphatic hydroxyl groups excluding tert-OH is 1. The second-order valence-corrected chi connectivity index (χ2v) is 7.31. The van der Waals surface area contributed by atoms with Crippen molar-refractivity contribution in [3.05, 3.63) is 65.9 Å². The number of aromatic nitrogens is 3. The van der Waals surface area contributed by atoms with E-state index in [2.05, 4.69) is 20.9 Å². The van der Waals surface area contributed by atoms with E-state index in [1.807, 2.05) is 0 Å². The van der Waals surface area contributed by atoms with Crippen LogP contribution in [0.3, 0.4) is 0 Å². The monoisotopic (exact) mass is 426 g/mol. The number of likely N-dealkylation sites (tertiary alicyclic amines) is 1. The number of benzene rings is 2. The van der Waals surface area contributed by atoms with Crippen LogP contribution in [0.25, 0.3) is 5.69 Å². The molecule has 1 saturated heterocycles. The molecular formula is C20H19ClN6O3. The first-order chi connectivity index (χ1) is 14.5. The summed E-state index contributed by atoms with van der Waals surface area (Å²) in [5.41, 5.74) is 1.92. The van der Waals surface area contributed by atoms with Gasteiger partial charge < -0.3 is 20.6 Å². The molecule has 1 aromatic heterocycles. The summed E-state index contributed by atoms with van der Waals surface area (Å²) in [6.45, 7) is 0.0722. The maximum atomic E-state index is 12.8. The summed E-state index contributed by atoms with van der Waals surface area (Å²) in [5.74, 6) is -0.369. The Bertz CT molecular complexity index is 1020. The highest BCUT2D eigenvalue weighted by molar-refractivity contribution is 6.30. The van der Waals surface area contributed by atoms with Gasteiger partial charge in [0.25, 0.3) is 0 Å². The van der Waals surface area contributed by atoms with Gasteiger partial charge in [-0.1, -0.05) is 16.8 Å². The van der Waals surface area contributed by atoms with E-state index in [1.165, 1.54) is 4.90 Å². The lowest BCUT2D eigenvalue weighted by Crippen LogP contribution is -2.45. The summed E-state index contributed by atoms with van der Waals surface area (Å²) < 4.78 is 1.60. The third-order valence-electron chi connectivity index (χ3n) is 4.76. The van der Waals surface area contributed by atoms with Crippen LogP contribution < -0.4 is 10.6 Å². The molecule has 30 heavy (non-hydrogen) atoms. The Hall–Kier alpha value is -3.43. The standard InChI is InChI=1S/C20H19ClN6O3/c21-13-1-3-15(4-2-13)24-20(30)26-12-17(28)11-18(26)19(29)23-14-5-7-16(8-6-14)27-10-9-22-25-27/h1-10,17-18,28H,11-12H2,(H,23,29)(H,24,30). The number of anilines is 2. The molecule has 1 aliphatic heterocycles. The number of halogens is 1. The lowest BCUT2D eigenvalue weighted by atomic mass is 10.2. The van der Waals surface area contributed by atoms with Crippen LogP contribution in [0.4, 0.5) is 16.2 Å². The van der Waals surface area contributed by atoms with E-state index in [-0.39, 0.29) is 18.9 Å². The number of urea groups is 1. The van der Waals surface area contributed by atoms with E-state index >= 15 is 0 Å². The molecule has 2 aromatic carbocycles. The van der Waals surface area contributed by atoms with Gasteiger partial charge in [-0.2, -0.15) is 0 Å². The molecule has 3 amide bonds. The molecule has 3 aromatic rings. The Morgan fingerprint density at radius 2 is 1.70 bits per heavy atom. The van der Waals surface area contributed by atoms with Gasteiger partial charge in [0.05, 0.1) is 24.2 Å². The second kappa shape index (κ2) is 8.52. The van der Waals surface area contributed by atoms with Crippen molar-refractivity contribution < 1.29 is 14.7 Å². The smallest absolute Gasteiger partial charge is 0.322 e. The Balaban J connectivity index is 1.42. The van der Waals surface area contributed by atoms with Crippen molar-refractivity contribution in [2.75, 3.05) is 17.2 Å². The second-order valence-electron chi connectivity index (χ2n) is 6.88. The molecule has 1 fully saturated rings. The fourth-order valence-electron chi connectivity index (χ4n) is 3.28. The number of hydrogen-bond donors (Lipinski definition) is 3. The van der Waals surface area contributed by atoms with Crippen molar-refractivity contribution in [3.8, 4) is 5.69 Å². The van der Waals surface area contributed by atoms with Gasteiger partial charge in [0.1, 0.15) is 6.04 Å². The molecule has 0 bridgehead atoms. The predicted molar refractivity (Wildman–Crippen MR) is 112 cm³/mol. The van der Waals surface area contributed by atoms with Gasteiger partial charge in [-0.3, -0.25) is 4.79 Å². The van der Waals surface area contributed by atoms with Crippen molar-refractivity contribution in [2.45, 2.75) is 18.6 Å². The van der Waals surface area contributed by atoms with Crippen molar-refractivity contribution in [3.63, 3.8) is 0 Å². The van der Waals surface area contributed by atoms with Gasteiger partial charge >= 0.3 is 6.03 Å². The highest BCUT2D eigenvalue weighted by Crippen LogP contribution is 2.22. The van der Waals surface area contributed by atoms with Crippen molar-refractivity contribution in [1.29, 1.82) is 0 Å². The quantitative estimate of drug-likeness (QED) is 0.593. The van der Waals surface area contributed by atoms with E-state index in [0.29, 0.717) is 16.4 Å². The minimum Gasteiger partial charge on any atom is -0.391 e. The topological polar surface area (TPSA) is 112 Å². The summed E-state index contributed by atoms with van der Waals surface area (Å²) in [6, 6.07) is 12.4. The number of amides is 3. The number of nitrogens with one attached hydrogen (secondary N) is 2. The third-order valence-corrected chi connectivity index (χ3v) is 5.01. The molecule has 154 valence electrons. The number of carbonyl (C=O) groups excluding carboxylic acids is 2. The van der Waals surface area contributed by atoms with E-state index in [9.17, 15) is 14.7 Å². The largest absolute Gasteiger partial charge is 0.391 e. The average Bonchev–Trinajstić information content (AvgIpc) is 3.40. The fraction of sp³-hybridized carbons (Fsp3) is 0.200. The number of nitrogens with zero attached hydrogens (tertiary/aromatic N) is 4.